The van der Waals surface area contributed by atoms with Crippen molar-refractivity contribution >= 4 is 11.8 Å². The van der Waals surface area contributed by atoms with Crippen LogP contribution < -0.4 is 10.6 Å². The summed E-state index contributed by atoms with van der Waals surface area (Å²) in [6.07, 6.45) is 3.84. The second-order valence-electron chi connectivity index (χ2n) is 7.71. The maximum atomic E-state index is 12.7. The van der Waals surface area contributed by atoms with Crippen molar-refractivity contribution in [2.75, 3.05) is 6.54 Å². The zero-order valence-electron chi connectivity index (χ0n) is 16.4. The Balaban J connectivity index is 0.00000364. The van der Waals surface area contributed by atoms with Crippen molar-refractivity contribution in [3.8, 4) is 0 Å². The predicted molar refractivity (Wildman–Crippen MR) is 104 cm³/mol. The van der Waals surface area contributed by atoms with E-state index in [-0.39, 0.29) is 58.3 Å². The van der Waals surface area contributed by atoms with Crippen molar-refractivity contribution in [2.45, 2.75) is 46.1 Å². The van der Waals surface area contributed by atoms with Crippen molar-refractivity contribution in [1.82, 2.24) is 10.6 Å². The van der Waals surface area contributed by atoms with E-state index in [1.54, 1.807) is 6.08 Å². The Hall–Kier alpha value is -1.59. The van der Waals surface area contributed by atoms with Crippen LogP contribution in [-0.4, -0.2) is 24.4 Å². The number of hydrogen-bond acceptors (Lipinski definition) is 2. The third kappa shape index (κ3) is 6.81. The molecule has 0 bridgehead atoms. The predicted octanol–water partition coefficient (Wildman–Crippen LogP) is 3.14. The Morgan fingerprint density at radius 3 is 2.48 bits per heavy atom. The van der Waals surface area contributed by atoms with E-state index in [2.05, 4.69) is 22.8 Å². The first-order chi connectivity index (χ1) is 12.4. The number of carbonyl (C=O) groups excluding carboxylic acids is 2. The van der Waals surface area contributed by atoms with Gasteiger partial charge in [0.2, 0.25) is 11.8 Å². The summed E-state index contributed by atoms with van der Waals surface area (Å²) < 4.78 is 0. The molecule has 0 unspecified atom stereocenters. The number of hydrogen-bond donors (Lipinski definition) is 2. The molecule has 4 nitrogen and oxygen atoms in total. The van der Waals surface area contributed by atoms with E-state index in [1.807, 2.05) is 39.0 Å². The van der Waals surface area contributed by atoms with Gasteiger partial charge in [-0.15, -0.1) is 0 Å². The Bertz CT molecular complexity index is 618. The van der Waals surface area contributed by atoms with Gasteiger partial charge in [-0.2, -0.15) is 0 Å². The van der Waals surface area contributed by atoms with E-state index in [0.29, 0.717) is 12.8 Å². The third-order valence-corrected chi connectivity index (χ3v) is 5.52. The van der Waals surface area contributed by atoms with Crippen LogP contribution in [0.5, 0.6) is 0 Å². The zero-order valence-corrected chi connectivity index (χ0v) is 17.4. The molecule has 1 fully saturated rings. The van der Waals surface area contributed by atoms with Gasteiger partial charge in [-0.25, -0.2) is 0 Å². The average Bonchev–Trinajstić information content (AvgIpc) is 3.03. The van der Waals surface area contributed by atoms with Gasteiger partial charge in [0.25, 0.3) is 0 Å². The van der Waals surface area contributed by atoms with E-state index in [1.165, 1.54) is 0 Å². The summed E-state index contributed by atoms with van der Waals surface area (Å²) in [5, 5.41) is 6.09. The van der Waals surface area contributed by atoms with Crippen molar-refractivity contribution in [3.05, 3.63) is 48.6 Å². The molecule has 1 aromatic rings. The van der Waals surface area contributed by atoms with Gasteiger partial charge in [0.05, 0.1) is 0 Å². The smallest absolute Gasteiger partial charge is 0.223 e. The van der Waals surface area contributed by atoms with Gasteiger partial charge in [-0.05, 0) is 36.7 Å². The molecule has 151 valence electrons. The minimum atomic E-state index is -0.121. The van der Waals surface area contributed by atoms with Gasteiger partial charge in [0.15, 0.2) is 0 Å². The number of nitrogens with one attached hydrogen (secondary N) is 2. The second-order valence-corrected chi connectivity index (χ2v) is 7.71. The molecule has 1 aliphatic rings. The molecule has 2 amide bonds. The van der Waals surface area contributed by atoms with Crippen LogP contribution >= 0.6 is 0 Å². The molecule has 1 aliphatic heterocycles. The molecule has 2 N–H and O–H groups in total. The van der Waals surface area contributed by atoms with Crippen LogP contribution in [-0.2, 0) is 32.8 Å². The van der Waals surface area contributed by atoms with E-state index in [0.717, 1.165) is 18.5 Å². The fourth-order valence-corrected chi connectivity index (χ4v) is 3.37. The summed E-state index contributed by atoms with van der Waals surface area (Å²) in [4.78, 5) is 24.6. The van der Waals surface area contributed by atoms with Crippen LogP contribution in [0.15, 0.2) is 36.4 Å². The van der Waals surface area contributed by atoms with E-state index < -0.39 is 0 Å². The summed E-state index contributed by atoms with van der Waals surface area (Å²) in [6.45, 7) is 12.7. The normalized spacial score (nSPS) is 19.6. The first-order valence-electron chi connectivity index (χ1n) is 9.59. The number of benzene rings is 1. The van der Waals surface area contributed by atoms with Gasteiger partial charge >= 0.3 is 0 Å². The number of carbonyl (C=O) groups is 2. The summed E-state index contributed by atoms with van der Waals surface area (Å²) in [5.41, 5.74) is 1.15. The molecule has 5 heteroatoms. The van der Waals surface area contributed by atoms with E-state index in [9.17, 15) is 9.59 Å². The molecule has 1 aromatic carbocycles. The van der Waals surface area contributed by atoms with Crippen molar-refractivity contribution in [3.63, 3.8) is 0 Å². The van der Waals surface area contributed by atoms with Gasteiger partial charge in [0, 0.05) is 41.2 Å². The Morgan fingerprint density at radius 2 is 1.96 bits per heavy atom. The molecular weight excluding hydrogens is 383 g/mol. The van der Waals surface area contributed by atoms with E-state index in [4.69, 9.17) is 6.58 Å². The molecule has 27 heavy (non-hydrogen) atoms. The molecule has 4 atom stereocenters. The Kier molecular flexibility index (Phi) is 9.81. The fourth-order valence-electron chi connectivity index (χ4n) is 3.37. The molecule has 0 spiro atoms. The van der Waals surface area contributed by atoms with Crippen LogP contribution in [0.1, 0.15) is 39.2 Å². The monoisotopic (exact) mass is 414 g/mol. The molecular formula is C22H31CoN2O2-. The molecule has 1 heterocycles. The van der Waals surface area contributed by atoms with Crippen LogP contribution in [0.2, 0.25) is 0 Å². The van der Waals surface area contributed by atoms with Gasteiger partial charge in [-0.3, -0.25) is 15.7 Å². The van der Waals surface area contributed by atoms with Crippen molar-refractivity contribution < 1.29 is 26.4 Å². The van der Waals surface area contributed by atoms with Crippen LogP contribution in [0, 0.1) is 30.3 Å². The van der Waals surface area contributed by atoms with E-state index >= 15 is 0 Å². The second kappa shape index (κ2) is 11.3. The first-order valence-corrected chi connectivity index (χ1v) is 9.59. The fraction of sp³-hybridized carbons (Fsp3) is 0.545. The Morgan fingerprint density at radius 1 is 1.30 bits per heavy atom. The largest absolute Gasteiger partial charge is 0.518 e. The van der Waals surface area contributed by atoms with Crippen LogP contribution in [0.25, 0.3) is 0 Å². The SMILES string of the molecule is [CH-]=C[C@H](C[C@@H]1CCNC1=O)[C@H](Cc1ccccc1)NC(=O)[C@@H](C)C(C)C.[Co]. The summed E-state index contributed by atoms with van der Waals surface area (Å²) in [6, 6.07) is 9.96. The maximum Gasteiger partial charge on any atom is 0.223 e. The van der Waals surface area contributed by atoms with Crippen LogP contribution in [0.4, 0.5) is 0 Å². The maximum absolute atomic E-state index is 12.7. The van der Waals surface area contributed by atoms with Gasteiger partial charge in [-0.1, -0.05) is 51.1 Å². The summed E-state index contributed by atoms with van der Waals surface area (Å²) >= 11 is 0. The minimum absolute atomic E-state index is 0. The molecule has 2 rings (SSSR count). The average molecular weight is 414 g/mol. The summed E-state index contributed by atoms with van der Waals surface area (Å²) in [7, 11) is 0. The molecule has 0 aliphatic carbocycles. The number of amides is 2. The van der Waals surface area contributed by atoms with Gasteiger partial charge in [0.1, 0.15) is 0 Å². The zero-order chi connectivity index (χ0) is 19.1. The Labute approximate surface area is 173 Å². The van der Waals surface area contributed by atoms with Gasteiger partial charge < -0.3 is 17.2 Å². The van der Waals surface area contributed by atoms with Crippen molar-refractivity contribution in [1.29, 1.82) is 0 Å². The third-order valence-electron chi connectivity index (χ3n) is 5.52. The minimum Gasteiger partial charge on any atom is -0.518 e. The molecule has 0 saturated carbocycles. The number of rotatable bonds is 9. The standard InChI is InChI=1S/C22H31N2O2.Co/c1-5-18(14-19-11-12-23-22(19)26)20(13-17-9-7-6-8-10-17)24-21(25)16(4)15(2)3;/h1,5-10,15-16,18-20H,11-14H2,2-4H3,(H,23,26)(H,24,25);/q-1;/t16-,18+,19-,20-;/m0./s1. The first kappa shape index (κ1) is 23.4. The molecule has 0 aromatic heterocycles. The molecule has 1 radical (unpaired) electrons. The topological polar surface area (TPSA) is 58.2 Å². The quantitative estimate of drug-likeness (QED) is 0.610. The summed E-state index contributed by atoms with van der Waals surface area (Å²) in [5.74, 6) is 0.264. The van der Waals surface area contributed by atoms with Crippen molar-refractivity contribution in [2.24, 2.45) is 23.7 Å². The molecule has 1 saturated heterocycles. The van der Waals surface area contributed by atoms with Crippen LogP contribution in [0.3, 0.4) is 0 Å².